The summed E-state index contributed by atoms with van der Waals surface area (Å²) in [5.41, 5.74) is 0.457. The second kappa shape index (κ2) is 6.29. The second-order valence-electron chi connectivity index (χ2n) is 4.53. The van der Waals surface area contributed by atoms with Gasteiger partial charge in [0.15, 0.2) is 0 Å². The van der Waals surface area contributed by atoms with E-state index in [-0.39, 0.29) is 11.9 Å². The van der Waals surface area contributed by atoms with E-state index in [1.807, 2.05) is 6.07 Å². The number of methoxy groups -OCH3 is 1. The van der Waals surface area contributed by atoms with Crippen molar-refractivity contribution in [3.63, 3.8) is 0 Å². The normalized spacial score (nSPS) is 23.7. The lowest BCUT2D eigenvalue weighted by Crippen LogP contribution is -2.39. The molecule has 1 aromatic heterocycles. The summed E-state index contributed by atoms with van der Waals surface area (Å²) in [6.45, 7) is 0. The molecule has 0 spiro atoms. The van der Waals surface area contributed by atoms with Gasteiger partial charge in [-0.3, -0.25) is 4.79 Å². The summed E-state index contributed by atoms with van der Waals surface area (Å²) in [5.74, 6) is -0.0998. The van der Waals surface area contributed by atoms with Crippen molar-refractivity contribution in [1.82, 2.24) is 10.3 Å². The number of carbonyl (C=O) groups is 1. The van der Waals surface area contributed by atoms with Crippen molar-refractivity contribution in [2.75, 3.05) is 7.11 Å². The van der Waals surface area contributed by atoms with E-state index in [4.69, 9.17) is 4.74 Å². The van der Waals surface area contributed by atoms with Crippen molar-refractivity contribution >= 4 is 21.8 Å². The van der Waals surface area contributed by atoms with Gasteiger partial charge in [-0.1, -0.05) is 6.07 Å². The minimum absolute atomic E-state index is 0.0998. The third-order valence-corrected chi connectivity index (χ3v) is 3.73. The lowest BCUT2D eigenvalue weighted by atomic mass is 9.93. The van der Waals surface area contributed by atoms with Gasteiger partial charge in [-0.05, 0) is 53.7 Å². The fraction of sp³-hybridized carbons (Fsp3) is 0.538. The van der Waals surface area contributed by atoms with Gasteiger partial charge in [0, 0.05) is 13.2 Å². The fourth-order valence-electron chi connectivity index (χ4n) is 2.24. The highest BCUT2D eigenvalue weighted by Gasteiger charge is 2.22. The van der Waals surface area contributed by atoms with Crippen LogP contribution in [-0.2, 0) is 4.74 Å². The van der Waals surface area contributed by atoms with Crippen LogP contribution < -0.4 is 5.32 Å². The van der Waals surface area contributed by atoms with E-state index < -0.39 is 0 Å². The average Bonchev–Trinajstić information content (AvgIpc) is 2.39. The third kappa shape index (κ3) is 3.53. The molecule has 1 aromatic rings. The van der Waals surface area contributed by atoms with Gasteiger partial charge in [-0.15, -0.1) is 0 Å². The first kappa shape index (κ1) is 13.5. The molecule has 1 saturated carbocycles. The molecular formula is C13H17BrN2O2. The number of amides is 1. The van der Waals surface area contributed by atoms with Gasteiger partial charge in [-0.2, -0.15) is 0 Å². The number of carbonyl (C=O) groups excluding carboxylic acids is 1. The molecular weight excluding hydrogens is 296 g/mol. The summed E-state index contributed by atoms with van der Waals surface area (Å²) in [6, 6.07) is 5.58. The average molecular weight is 313 g/mol. The Balaban J connectivity index is 1.89. The van der Waals surface area contributed by atoms with Crippen molar-refractivity contribution in [1.29, 1.82) is 0 Å². The van der Waals surface area contributed by atoms with Crippen molar-refractivity contribution in [3.05, 3.63) is 28.5 Å². The Labute approximate surface area is 115 Å². The van der Waals surface area contributed by atoms with Crippen molar-refractivity contribution in [2.45, 2.75) is 37.8 Å². The van der Waals surface area contributed by atoms with Crippen molar-refractivity contribution < 1.29 is 9.53 Å². The maximum absolute atomic E-state index is 12.0. The number of nitrogens with zero attached hydrogens (tertiary/aromatic N) is 1. The molecule has 4 nitrogen and oxygen atoms in total. The van der Waals surface area contributed by atoms with Gasteiger partial charge < -0.3 is 10.1 Å². The Kier molecular flexibility index (Phi) is 4.72. The van der Waals surface area contributed by atoms with Crippen LogP contribution in [0.4, 0.5) is 0 Å². The van der Waals surface area contributed by atoms with Crippen LogP contribution in [0.2, 0.25) is 0 Å². The quantitative estimate of drug-likeness (QED) is 0.873. The van der Waals surface area contributed by atoms with Crippen LogP contribution >= 0.6 is 15.9 Å². The Bertz CT molecular complexity index is 417. The van der Waals surface area contributed by atoms with Crippen LogP contribution in [-0.4, -0.2) is 30.1 Å². The molecule has 0 bridgehead atoms. The smallest absolute Gasteiger partial charge is 0.270 e. The Hall–Kier alpha value is -0.940. The summed E-state index contributed by atoms with van der Waals surface area (Å²) in [4.78, 5) is 16.1. The molecule has 1 fully saturated rings. The molecule has 1 heterocycles. The maximum atomic E-state index is 12.0. The lowest BCUT2D eigenvalue weighted by Gasteiger charge is -2.28. The van der Waals surface area contributed by atoms with Crippen LogP contribution in [0, 0.1) is 0 Å². The first-order valence-electron chi connectivity index (χ1n) is 6.15. The van der Waals surface area contributed by atoms with Gasteiger partial charge in [0.1, 0.15) is 10.3 Å². The highest BCUT2D eigenvalue weighted by Crippen LogP contribution is 2.20. The minimum Gasteiger partial charge on any atom is -0.381 e. The monoisotopic (exact) mass is 312 g/mol. The zero-order chi connectivity index (χ0) is 13.0. The maximum Gasteiger partial charge on any atom is 0.270 e. The second-order valence-corrected chi connectivity index (χ2v) is 5.34. The summed E-state index contributed by atoms with van der Waals surface area (Å²) < 4.78 is 5.99. The predicted molar refractivity (Wildman–Crippen MR) is 72.5 cm³/mol. The topological polar surface area (TPSA) is 51.2 Å². The van der Waals surface area contributed by atoms with Crippen molar-refractivity contribution in [2.24, 2.45) is 0 Å². The van der Waals surface area contributed by atoms with E-state index in [2.05, 4.69) is 26.2 Å². The van der Waals surface area contributed by atoms with E-state index >= 15 is 0 Å². The van der Waals surface area contributed by atoms with Crippen LogP contribution in [0.15, 0.2) is 22.8 Å². The number of hydrogen-bond acceptors (Lipinski definition) is 3. The first-order valence-corrected chi connectivity index (χ1v) is 6.94. The number of nitrogens with one attached hydrogen (secondary N) is 1. The van der Waals surface area contributed by atoms with Gasteiger partial charge in [0.2, 0.25) is 0 Å². The number of rotatable bonds is 3. The fourth-order valence-corrected chi connectivity index (χ4v) is 2.58. The molecule has 0 radical (unpaired) electrons. The minimum atomic E-state index is -0.0998. The molecule has 0 unspecified atom stereocenters. The van der Waals surface area contributed by atoms with E-state index in [0.717, 1.165) is 25.7 Å². The van der Waals surface area contributed by atoms with Gasteiger partial charge >= 0.3 is 0 Å². The van der Waals surface area contributed by atoms with Gasteiger partial charge in [0.05, 0.1) is 6.10 Å². The van der Waals surface area contributed by atoms with Gasteiger partial charge in [0.25, 0.3) is 5.91 Å². The zero-order valence-electron chi connectivity index (χ0n) is 10.4. The standard InChI is InChI=1S/C13H17BrN2O2/c1-18-10-7-5-9(6-8-10)15-13(17)11-3-2-4-12(14)16-11/h2-4,9-10H,5-8H2,1H3,(H,15,17). The van der Waals surface area contributed by atoms with E-state index in [1.165, 1.54) is 0 Å². The van der Waals surface area contributed by atoms with E-state index in [9.17, 15) is 4.79 Å². The van der Waals surface area contributed by atoms with Crippen molar-refractivity contribution in [3.8, 4) is 0 Å². The van der Waals surface area contributed by atoms with Crippen LogP contribution in [0.1, 0.15) is 36.2 Å². The number of halogens is 1. The highest BCUT2D eigenvalue weighted by molar-refractivity contribution is 9.10. The van der Waals surface area contributed by atoms with Crippen LogP contribution in [0.5, 0.6) is 0 Å². The molecule has 0 saturated heterocycles. The van der Waals surface area contributed by atoms with E-state index in [0.29, 0.717) is 16.4 Å². The van der Waals surface area contributed by atoms with Gasteiger partial charge in [-0.25, -0.2) is 4.98 Å². The number of ether oxygens (including phenoxy) is 1. The molecule has 1 aliphatic carbocycles. The summed E-state index contributed by atoms with van der Waals surface area (Å²) >= 11 is 3.27. The molecule has 5 heteroatoms. The summed E-state index contributed by atoms with van der Waals surface area (Å²) in [7, 11) is 1.75. The lowest BCUT2D eigenvalue weighted by molar-refractivity contribution is 0.0598. The highest BCUT2D eigenvalue weighted by atomic mass is 79.9. The Morgan fingerprint density at radius 2 is 2.11 bits per heavy atom. The molecule has 0 atom stereocenters. The molecule has 98 valence electrons. The molecule has 1 aliphatic rings. The number of hydrogen-bond donors (Lipinski definition) is 1. The molecule has 1 N–H and O–H groups in total. The Morgan fingerprint density at radius 3 is 2.72 bits per heavy atom. The zero-order valence-corrected chi connectivity index (χ0v) is 11.9. The molecule has 0 aromatic carbocycles. The number of pyridine rings is 1. The largest absolute Gasteiger partial charge is 0.381 e. The molecule has 1 amide bonds. The first-order chi connectivity index (χ1) is 8.69. The predicted octanol–water partition coefficient (Wildman–Crippen LogP) is 2.53. The third-order valence-electron chi connectivity index (χ3n) is 3.29. The summed E-state index contributed by atoms with van der Waals surface area (Å²) in [5, 5.41) is 3.03. The molecule has 2 rings (SSSR count). The SMILES string of the molecule is COC1CCC(NC(=O)c2cccc(Br)n2)CC1. The molecule has 18 heavy (non-hydrogen) atoms. The van der Waals surface area contributed by atoms with Crippen LogP contribution in [0.3, 0.4) is 0 Å². The summed E-state index contributed by atoms with van der Waals surface area (Å²) in [6.07, 6.45) is 4.30. The Morgan fingerprint density at radius 1 is 1.39 bits per heavy atom. The molecule has 0 aliphatic heterocycles. The van der Waals surface area contributed by atoms with E-state index in [1.54, 1.807) is 19.2 Å². The van der Waals surface area contributed by atoms with Crippen LogP contribution in [0.25, 0.3) is 0 Å². The number of aromatic nitrogens is 1.